The minimum Gasteiger partial charge on any atom is -0.496 e. The minimum atomic E-state index is 0.489. The number of anilines is 1. The number of hydrogen-bond donors (Lipinski definition) is 1. The van der Waals surface area contributed by atoms with Gasteiger partial charge in [0.1, 0.15) is 5.75 Å². The van der Waals surface area contributed by atoms with Gasteiger partial charge in [-0.05, 0) is 24.3 Å². The SMILES string of the molecule is COc1cc(Cl)cc(Cl)c1C=NNc1ccccc1. The first-order chi connectivity index (χ1) is 9.20. The van der Waals surface area contributed by atoms with E-state index in [0.29, 0.717) is 21.4 Å². The summed E-state index contributed by atoms with van der Waals surface area (Å²) >= 11 is 12.0. The molecule has 5 heteroatoms. The normalized spacial score (nSPS) is 10.7. The van der Waals surface area contributed by atoms with E-state index in [1.165, 1.54) is 0 Å². The quantitative estimate of drug-likeness (QED) is 0.668. The van der Waals surface area contributed by atoms with Crippen LogP contribution < -0.4 is 10.2 Å². The van der Waals surface area contributed by atoms with Crippen molar-refractivity contribution >= 4 is 35.1 Å². The molecular weight excluding hydrogens is 283 g/mol. The molecule has 0 aliphatic rings. The van der Waals surface area contributed by atoms with Crippen LogP contribution in [-0.4, -0.2) is 13.3 Å². The molecule has 0 spiro atoms. The van der Waals surface area contributed by atoms with Gasteiger partial charge < -0.3 is 4.74 Å². The Hall–Kier alpha value is -1.71. The van der Waals surface area contributed by atoms with Crippen LogP contribution in [0.4, 0.5) is 5.69 Å². The van der Waals surface area contributed by atoms with Gasteiger partial charge in [0.15, 0.2) is 0 Å². The van der Waals surface area contributed by atoms with Crippen molar-refractivity contribution in [3.63, 3.8) is 0 Å². The monoisotopic (exact) mass is 294 g/mol. The van der Waals surface area contributed by atoms with Gasteiger partial charge in [0, 0.05) is 5.02 Å². The summed E-state index contributed by atoms with van der Waals surface area (Å²) in [5.41, 5.74) is 4.48. The van der Waals surface area contributed by atoms with E-state index in [1.807, 2.05) is 30.3 Å². The number of hydrogen-bond acceptors (Lipinski definition) is 3. The van der Waals surface area contributed by atoms with Crippen molar-refractivity contribution in [2.45, 2.75) is 0 Å². The predicted octanol–water partition coefficient (Wildman–Crippen LogP) is 4.45. The summed E-state index contributed by atoms with van der Waals surface area (Å²) in [4.78, 5) is 0. The summed E-state index contributed by atoms with van der Waals surface area (Å²) in [7, 11) is 1.56. The molecule has 19 heavy (non-hydrogen) atoms. The van der Waals surface area contributed by atoms with Crippen LogP contribution in [0.1, 0.15) is 5.56 Å². The van der Waals surface area contributed by atoms with Crippen LogP contribution in [0, 0.1) is 0 Å². The summed E-state index contributed by atoms with van der Waals surface area (Å²) in [6.45, 7) is 0. The first-order valence-corrected chi connectivity index (χ1v) is 6.33. The second-order valence-electron chi connectivity index (χ2n) is 3.74. The van der Waals surface area contributed by atoms with E-state index in [0.717, 1.165) is 5.69 Å². The molecule has 0 aliphatic carbocycles. The maximum atomic E-state index is 6.11. The topological polar surface area (TPSA) is 33.6 Å². The van der Waals surface area contributed by atoms with Crippen LogP contribution in [0.15, 0.2) is 47.6 Å². The van der Waals surface area contributed by atoms with Crippen molar-refractivity contribution in [3.05, 3.63) is 58.1 Å². The molecule has 0 aromatic heterocycles. The first-order valence-electron chi connectivity index (χ1n) is 5.58. The Morgan fingerprint density at radius 3 is 2.58 bits per heavy atom. The van der Waals surface area contributed by atoms with Gasteiger partial charge in [0.05, 0.1) is 29.6 Å². The van der Waals surface area contributed by atoms with E-state index < -0.39 is 0 Å². The van der Waals surface area contributed by atoms with Crippen LogP contribution in [0.25, 0.3) is 0 Å². The van der Waals surface area contributed by atoms with Crippen LogP contribution >= 0.6 is 23.2 Å². The summed E-state index contributed by atoms with van der Waals surface area (Å²) in [5, 5.41) is 5.14. The Kier molecular flexibility index (Phi) is 4.66. The molecule has 0 saturated heterocycles. The van der Waals surface area contributed by atoms with E-state index in [1.54, 1.807) is 25.5 Å². The van der Waals surface area contributed by atoms with Crippen molar-refractivity contribution in [2.75, 3.05) is 12.5 Å². The smallest absolute Gasteiger partial charge is 0.130 e. The lowest BCUT2D eigenvalue weighted by Gasteiger charge is -2.07. The van der Waals surface area contributed by atoms with Gasteiger partial charge in [-0.2, -0.15) is 5.10 Å². The van der Waals surface area contributed by atoms with Crippen molar-refractivity contribution in [2.24, 2.45) is 5.10 Å². The number of nitrogens with one attached hydrogen (secondary N) is 1. The molecule has 0 atom stereocenters. The highest BCUT2D eigenvalue weighted by Gasteiger charge is 2.07. The number of benzene rings is 2. The number of halogens is 2. The van der Waals surface area contributed by atoms with E-state index in [4.69, 9.17) is 27.9 Å². The van der Waals surface area contributed by atoms with Gasteiger partial charge in [0.25, 0.3) is 0 Å². The van der Waals surface area contributed by atoms with Gasteiger partial charge in [0.2, 0.25) is 0 Å². The summed E-state index contributed by atoms with van der Waals surface area (Å²) in [6, 6.07) is 13.0. The summed E-state index contributed by atoms with van der Waals surface area (Å²) in [6.07, 6.45) is 1.60. The van der Waals surface area contributed by atoms with Crippen LogP contribution in [0.2, 0.25) is 10.0 Å². The summed E-state index contributed by atoms with van der Waals surface area (Å²) in [5.74, 6) is 0.580. The zero-order chi connectivity index (χ0) is 13.7. The number of methoxy groups -OCH3 is 1. The zero-order valence-electron chi connectivity index (χ0n) is 10.2. The minimum absolute atomic E-state index is 0.489. The molecule has 0 radical (unpaired) electrons. The second kappa shape index (κ2) is 6.45. The standard InChI is InChI=1S/C14H12Cl2N2O/c1-19-14-8-10(15)7-13(16)12(14)9-17-18-11-5-3-2-4-6-11/h2-9,18H,1H3. The van der Waals surface area contributed by atoms with Gasteiger partial charge in [-0.15, -0.1) is 0 Å². The molecule has 2 aromatic rings. The van der Waals surface area contributed by atoms with E-state index >= 15 is 0 Å². The van der Waals surface area contributed by atoms with Crippen molar-refractivity contribution in [3.8, 4) is 5.75 Å². The lowest BCUT2D eigenvalue weighted by Crippen LogP contribution is -1.95. The van der Waals surface area contributed by atoms with Gasteiger partial charge in [-0.3, -0.25) is 5.43 Å². The molecule has 2 rings (SSSR count). The highest BCUT2D eigenvalue weighted by molar-refractivity contribution is 6.36. The van der Waals surface area contributed by atoms with E-state index in [9.17, 15) is 0 Å². The molecule has 0 amide bonds. The molecule has 0 unspecified atom stereocenters. The first kappa shape index (κ1) is 13.7. The number of ether oxygens (including phenoxy) is 1. The van der Waals surface area contributed by atoms with Gasteiger partial charge in [-0.1, -0.05) is 41.4 Å². The molecule has 98 valence electrons. The van der Waals surface area contributed by atoms with Crippen LogP contribution in [0.5, 0.6) is 5.75 Å². The lowest BCUT2D eigenvalue weighted by molar-refractivity contribution is 0.414. The molecule has 0 fully saturated rings. The third kappa shape index (κ3) is 3.63. The van der Waals surface area contributed by atoms with Gasteiger partial charge >= 0.3 is 0 Å². The predicted molar refractivity (Wildman–Crippen MR) is 80.7 cm³/mol. The highest BCUT2D eigenvalue weighted by Crippen LogP contribution is 2.29. The molecule has 0 aliphatic heterocycles. The molecule has 3 nitrogen and oxygen atoms in total. The molecule has 1 N–H and O–H groups in total. The number of rotatable bonds is 4. The number of hydrazone groups is 1. The zero-order valence-corrected chi connectivity index (χ0v) is 11.7. The molecular formula is C14H12Cl2N2O. The fourth-order valence-electron chi connectivity index (χ4n) is 1.54. The lowest BCUT2D eigenvalue weighted by atomic mass is 10.2. The fourth-order valence-corrected chi connectivity index (χ4v) is 2.06. The summed E-state index contributed by atoms with van der Waals surface area (Å²) < 4.78 is 5.22. The van der Waals surface area contributed by atoms with Crippen molar-refractivity contribution in [1.82, 2.24) is 0 Å². The fraction of sp³-hybridized carbons (Fsp3) is 0.0714. The van der Waals surface area contributed by atoms with Crippen molar-refractivity contribution in [1.29, 1.82) is 0 Å². The number of nitrogens with zero attached hydrogens (tertiary/aromatic N) is 1. The third-order valence-corrected chi connectivity index (χ3v) is 2.97. The Morgan fingerprint density at radius 1 is 1.16 bits per heavy atom. The Labute approximate surface area is 121 Å². The molecule has 2 aromatic carbocycles. The largest absolute Gasteiger partial charge is 0.496 e. The van der Waals surface area contributed by atoms with Crippen molar-refractivity contribution < 1.29 is 4.74 Å². The second-order valence-corrected chi connectivity index (χ2v) is 4.58. The Balaban J connectivity index is 2.19. The third-order valence-electron chi connectivity index (χ3n) is 2.44. The highest BCUT2D eigenvalue weighted by atomic mass is 35.5. The average molecular weight is 295 g/mol. The number of para-hydroxylation sites is 1. The molecule has 0 bridgehead atoms. The molecule has 0 heterocycles. The maximum Gasteiger partial charge on any atom is 0.130 e. The average Bonchev–Trinajstić information content (AvgIpc) is 2.42. The van der Waals surface area contributed by atoms with Gasteiger partial charge in [-0.25, -0.2) is 0 Å². The van der Waals surface area contributed by atoms with E-state index in [-0.39, 0.29) is 0 Å². The van der Waals surface area contributed by atoms with Crippen LogP contribution in [0.3, 0.4) is 0 Å². The Bertz CT molecular complexity index is 585. The Morgan fingerprint density at radius 2 is 1.89 bits per heavy atom. The maximum absolute atomic E-state index is 6.11. The van der Waals surface area contributed by atoms with E-state index in [2.05, 4.69) is 10.5 Å². The molecule has 0 saturated carbocycles. The van der Waals surface area contributed by atoms with Crippen LogP contribution in [-0.2, 0) is 0 Å².